The van der Waals surface area contributed by atoms with Gasteiger partial charge >= 0.3 is 0 Å². The summed E-state index contributed by atoms with van der Waals surface area (Å²) in [5, 5.41) is 6.04. The standard InChI is InChI=1S/C24H28N4O3/c1-15(2)26-22(30)19-13-28(23(31)20(25)16-8-4-3-5-9-16)14-24(19)12-17-10-6-7-11-18(17)21(29)27-24/h3-11,15,19-20H,12-14,25H2,1-2H3,(H,26,30)(H,27,29)/t19-,20?,24+/m0/s1. The predicted molar refractivity (Wildman–Crippen MR) is 117 cm³/mol. The van der Waals surface area contributed by atoms with E-state index in [2.05, 4.69) is 10.6 Å². The maximum absolute atomic E-state index is 13.2. The van der Waals surface area contributed by atoms with Crippen LogP contribution in [0.3, 0.4) is 0 Å². The summed E-state index contributed by atoms with van der Waals surface area (Å²) in [4.78, 5) is 40.9. The molecule has 1 fully saturated rings. The molecule has 0 radical (unpaired) electrons. The van der Waals surface area contributed by atoms with E-state index in [1.165, 1.54) is 0 Å². The number of rotatable bonds is 4. The Morgan fingerprint density at radius 2 is 1.81 bits per heavy atom. The van der Waals surface area contributed by atoms with Crippen LogP contribution in [0.15, 0.2) is 54.6 Å². The van der Waals surface area contributed by atoms with Crippen molar-refractivity contribution >= 4 is 17.7 Å². The molecule has 0 aliphatic carbocycles. The van der Waals surface area contributed by atoms with Crippen molar-refractivity contribution in [1.29, 1.82) is 0 Å². The molecule has 2 aliphatic rings. The molecular formula is C24H28N4O3. The van der Waals surface area contributed by atoms with Crippen LogP contribution in [0, 0.1) is 5.92 Å². The molecule has 162 valence electrons. The molecule has 2 heterocycles. The number of hydrogen-bond donors (Lipinski definition) is 3. The Morgan fingerprint density at radius 1 is 1.13 bits per heavy atom. The summed E-state index contributed by atoms with van der Waals surface area (Å²) in [5.41, 5.74) is 7.61. The molecule has 4 rings (SSSR count). The van der Waals surface area contributed by atoms with Crippen LogP contribution in [0.5, 0.6) is 0 Å². The molecule has 1 unspecified atom stereocenters. The minimum Gasteiger partial charge on any atom is -0.354 e. The maximum atomic E-state index is 13.2. The van der Waals surface area contributed by atoms with Crippen LogP contribution < -0.4 is 16.4 Å². The molecule has 0 bridgehead atoms. The van der Waals surface area contributed by atoms with Gasteiger partial charge in [0.05, 0.1) is 11.5 Å². The first-order valence-electron chi connectivity index (χ1n) is 10.6. The van der Waals surface area contributed by atoms with Gasteiger partial charge in [-0.05, 0) is 37.5 Å². The Morgan fingerprint density at radius 3 is 2.52 bits per heavy atom. The third-order valence-electron chi connectivity index (χ3n) is 6.16. The van der Waals surface area contributed by atoms with Crippen LogP contribution in [0.2, 0.25) is 0 Å². The maximum Gasteiger partial charge on any atom is 0.252 e. The van der Waals surface area contributed by atoms with Crippen LogP contribution in [0.4, 0.5) is 0 Å². The first kappa shape index (κ1) is 21.1. The molecule has 2 aromatic carbocycles. The Kier molecular flexibility index (Phi) is 5.54. The zero-order valence-electron chi connectivity index (χ0n) is 17.8. The second-order valence-corrected chi connectivity index (χ2v) is 8.77. The van der Waals surface area contributed by atoms with Crippen molar-refractivity contribution in [3.8, 4) is 0 Å². The van der Waals surface area contributed by atoms with Crippen molar-refractivity contribution in [3.63, 3.8) is 0 Å². The Balaban J connectivity index is 1.66. The number of hydrogen-bond acceptors (Lipinski definition) is 4. The first-order valence-corrected chi connectivity index (χ1v) is 10.6. The SMILES string of the molecule is CC(C)NC(=O)[C@@H]1CN(C(=O)C(N)c2ccccc2)C[C@]12Cc1ccccc1C(=O)N2. The number of nitrogens with one attached hydrogen (secondary N) is 2. The number of likely N-dealkylation sites (tertiary alicyclic amines) is 1. The number of nitrogens with two attached hydrogens (primary N) is 1. The monoisotopic (exact) mass is 420 g/mol. The highest BCUT2D eigenvalue weighted by Gasteiger charge is 2.54. The van der Waals surface area contributed by atoms with Crippen LogP contribution >= 0.6 is 0 Å². The van der Waals surface area contributed by atoms with E-state index in [-0.39, 0.29) is 36.9 Å². The molecule has 1 spiro atoms. The van der Waals surface area contributed by atoms with E-state index in [9.17, 15) is 14.4 Å². The highest BCUT2D eigenvalue weighted by atomic mass is 16.2. The smallest absolute Gasteiger partial charge is 0.252 e. The normalized spacial score (nSPS) is 23.4. The van der Waals surface area contributed by atoms with Gasteiger partial charge < -0.3 is 21.3 Å². The Labute approximate surface area is 182 Å². The average molecular weight is 421 g/mol. The number of carbonyl (C=O) groups excluding carboxylic acids is 3. The molecular weight excluding hydrogens is 392 g/mol. The van der Waals surface area contributed by atoms with Crippen LogP contribution in [0.25, 0.3) is 0 Å². The van der Waals surface area contributed by atoms with Gasteiger partial charge in [-0.2, -0.15) is 0 Å². The topological polar surface area (TPSA) is 105 Å². The minimum absolute atomic E-state index is 0.0487. The summed E-state index contributed by atoms with van der Waals surface area (Å²) in [6.07, 6.45) is 0.482. The molecule has 7 nitrogen and oxygen atoms in total. The molecule has 4 N–H and O–H groups in total. The van der Waals surface area contributed by atoms with Crippen LogP contribution in [-0.2, 0) is 16.0 Å². The van der Waals surface area contributed by atoms with Gasteiger partial charge in [-0.3, -0.25) is 14.4 Å². The molecule has 7 heteroatoms. The second kappa shape index (κ2) is 8.15. The predicted octanol–water partition coefficient (Wildman–Crippen LogP) is 1.39. The number of benzene rings is 2. The van der Waals surface area contributed by atoms with Gasteiger partial charge in [0.25, 0.3) is 5.91 Å². The molecule has 1 saturated heterocycles. The van der Waals surface area contributed by atoms with Gasteiger partial charge in [0.2, 0.25) is 11.8 Å². The zero-order chi connectivity index (χ0) is 22.2. The van der Waals surface area contributed by atoms with Crippen LogP contribution in [0.1, 0.15) is 41.4 Å². The lowest BCUT2D eigenvalue weighted by Crippen LogP contribution is -2.62. The van der Waals surface area contributed by atoms with E-state index in [4.69, 9.17) is 5.73 Å². The highest BCUT2D eigenvalue weighted by Crippen LogP contribution is 2.36. The quantitative estimate of drug-likeness (QED) is 0.695. The van der Waals surface area contributed by atoms with Gasteiger partial charge in [0, 0.05) is 24.7 Å². The lowest BCUT2D eigenvalue weighted by atomic mass is 9.77. The zero-order valence-corrected chi connectivity index (χ0v) is 17.8. The van der Waals surface area contributed by atoms with E-state index in [0.29, 0.717) is 12.0 Å². The summed E-state index contributed by atoms with van der Waals surface area (Å²) >= 11 is 0. The summed E-state index contributed by atoms with van der Waals surface area (Å²) in [5.74, 6) is -1.21. The molecule has 2 aliphatic heterocycles. The van der Waals surface area contributed by atoms with E-state index >= 15 is 0 Å². The van der Waals surface area contributed by atoms with Crippen molar-refractivity contribution in [2.24, 2.45) is 11.7 Å². The number of carbonyl (C=O) groups is 3. The second-order valence-electron chi connectivity index (χ2n) is 8.77. The van der Waals surface area contributed by atoms with Crippen molar-refractivity contribution in [2.75, 3.05) is 13.1 Å². The summed E-state index contributed by atoms with van der Waals surface area (Å²) in [7, 11) is 0. The third-order valence-corrected chi connectivity index (χ3v) is 6.16. The third kappa shape index (κ3) is 3.93. The van der Waals surface area contributed by atoms with Crippen LogP contribution in [-0.4, -0.2) is 47.3 Å². The van der Waals surface area contributed by atoms with E-state index in [0.717, 1.165) is 11.1 Å². The van der Waals surface area contributed by atoms with E-state index in [1.54, 1.807) is 11.0 Å². The molecule has 31 heavy (non-hydrogen) atoms. The van der Waals surface area contributed by atoms with Gasteiger partial charge in [-0.1, -0.05) is 48.5 Å². The molecule has 3 atom stereocenters. The highest BCUT2D eigenvalue weighted by molar-refractivity contribution is 5.99. The number of nitrogens with zero attached hydrogens (tertiary/aromatic N) is 1. The Hall–Kier alpha value is -3.19. The summed E-state index contributed by atoms with van der Waals surface area (Å²) in [6, 6.07) is 15.7. The molecule has 3 amide bonds. The fraction of sp³-hybridized carbons (Fsp3) is 0.375. The molecule has 2 aromatic rings. The van der Waals surface area contributed by atoms with Gasteiger partial charge in [-0.15, -0.1) is 0 Å². The van der Waals surface area contributed by atoms with Crippen molar-refractivity contribution < 1.29 is 14.4 Å². The van der Waals surface area contributed by atoms with E-state index in [1.807, 2.05) is 62.4 Å². The number of fused-ring (bicyclic) bond motifs is 1. The molecule has 0 saturated carbocycles. The first-order chi connectivity index (χ1) is 14.8. The lowest BCUT2D eigenvalue weighted by Gasteiger charge is -2.39. The van der Waals surface area contributed by atoms with Crippen molar-refractivity contribution in [1.82, 2.24) is 15.5 Å². The lowest BCUT2D eigenvalue weighted by molar-refractivity contribution is -0.132. The van der Waals surface area contributed by atoms with Crippen molar-refractivity contribution in [3.05, 3.63) is 71.3 Å². The van der Waals surface area contributed by atoms with Gasteiger partial charge in [-0.25, -0.2) is 0 Å². The van der Waals surface area contributed by atoms with Crippen molar-refractivity contribution in [2.45, 2.75) is 37.9 Å². The number of amides is 3. The fourth-order valence-corrected chi connectivity index (χ4v) is 4.68. The van der Waals surface area contributed by atoms with Gasteiger partial charge in [0.15, 0.2) is 0 Å². The largest absolute Gasteiger partial charge is 0.354 e. The average Bonchev–Trinajstić information content (AvgIpc) is 3.11. The fourth-order valence-electron chi connectivity index (χ4n) is 4.68. The minimum atomic E-state index is -0.865. The summed E-state index contributed by atoms with van der Waals surface area (Å²) < 4.78 is 0. The molecule has 0 aromatic heterocycles. The van der Waals surface area contributed by atoms with Gasteiger partial charge in [0.1, 0.15) is 6.04 Å². The van der Waals surface area contributed by atoms with E-state index < -0.39 is 17.5 Å². The Bertz CT molecular complexity index is 1010. The summed E-state index contributed by atoms with van der Waals surface area (Å²) in [6.45, 7) is 4.23.